The van der Waals surface area contributed by atoms with Gasteiger partial charge in [0.25, 0.3) is 0 Å². The lowest BCUT2D eigenvalue weighted by atomic mass is 9.97. The van der Waals surface area contributed by atoms with Gasteiger partial charge in [-0.3, -0.25) is 9.69 Å². The Labute approximate surface area is 225 Å². The minimum absolute atomic E-state index is 0.000854. The highest BCUT2D eigenvalue weighted by atomic mass is 19.4. The van der Waals surface area contributed by atoms with Crippen molar-refractivity contribution in [3.8, 4) is 23.3 Å². The van der Waals surface area contributed by atoms with E-state index in [-0.39, 0.29) is 29.8 Å². The van der Waals surface area contributed by atoms with Gasteiger partial charge in [-0.05, 0) is 74.7 Å². The molecule has 0 amide bonds. The van der Waals surface area contributed by atoms with Crippen LogP contribution in [0.2, 0.25) is 0 Å². The lowest BCUT2D eigenvalue weighted by Gasteiger charge is -2.32. The molecule has 7 nitrogen and oxygen atoms in total. The first-order valence-electron chi connectivity index (χ1n) is 12.9. The van der Waals surface area contributed by atoms with E-state index in [0.717, 1.165) is 44.0 Å². The number of carbonyl (C=O) groups excluding carboxylic acids is 1. The van der Waals surface area contributed by atoms with Crippen molar-refractivity contribution in [1.29, 1.82) is 5.26 Å². The highest BCUT2D eigenvalue weighted by molar-refractivity contribution is 5.72. The summed E-state index contributed by atoms with van der Waals surface area (Å²) in [6.45, 7) is 5.97. The molecule has 10 heteroatoms. The fraction of sp³-hybridized carbons (Fsp3) is 0.448. The lowest BCUT2D eigenvalue weighted by Crippen LogP contribution is -2.40. The molecule has 2 aliphatic heterocycles. The summed E-state index contributed by atoms with van der Waals surface area (Å²) in [5.74, 6) is 0.896. The van der Waals surface area contributed by atoms with E-state index in [2.05, 4.69) is 11.0 Å². The Hall–Kier alpha value is -3.71. The molecular weight excluding hydrogens is 513 g/mol. The number of esters is 1. The topological polar surface area (TPSA) is 81.0 Å². The van der Waals surface area contributed by atoms with Gasteiger partial charge in [0.1, 0.15) is 36.5 Å². The average Bonchev–Trinajstić information content (AvgIpc) is 2.92. The minimum atomic E-state index is -4.53. The molecule has 4 rings (SSSR count). The quantitative estimate of drug-likeness (QED) is 0.385. The summed E-state index contributed by atoms with van der Waals surface area (Å²) in [6.07, 6.45) is -2.66. The van der Waals surface area contributed by atoms with E-state index in [9.17, 15) is 23.2 Å². The van der Waals surface area contributed by atoms with Gasteiger partial charge < -0.3 is 18.9 Å². The molecule has 0 radical (unpaired) electrons. The van der Waals surface area contributed by atoms with Gasteiger partial charge >= 0.3 is 12.1 Å². The molecule has 2 aromatic rings. The predicted molar refractivity (Wildman–Crippen MR) is 137 cm³/mol. The van der Waals surface area contributed by atoms with E-state index in [1.807, 2.05) is 25.1 Å². The monoisotopic (exact) mass is 544 g/mol. The lowest BCUT2D eigenvalue weighted by molar-refractivity contribution is -0.189. The van der Waals surface area contributed by atoms with Crippen LogP contribution < -0.4 is 14.2 Å². The van der Waals surface area contributed by atoms with Gasteiger partial charge in [-0.15, -0.1) is 0 Å². The summed E-state index contributed by atoms with van der Waals surface area (Å²) in [5.41, 5.74) is 2.66. The van der Waals surface area contributed by atoms with Gasteiger partial charge in [0.05, 0.1) is 18.1 Å². The van der Waals surface area contributed by atoms with Crippen molar-refractivity contribution in [2.75, 3.05) is 32.8 Å². The Balaban J connectivity index is 1.35. The van der Waals surface area contributed by atoms with Crippen LogP contribution in [0.15, 0.2) is 42.0 Å². The van der Waals surface area contributed by atoms with Gasteiger partial charge in [-0.25, -0.2) is 0 Å². The number of likely N-dealkylation sites (tertiary alicyclic amines) is 1. The fourth-order valence-corrected chi connectivity index (χ4v) is 4.59. The zero-order chi connectivity index (χ0) is 28.0. The second-order valence-electron chi connectivity index (χ2n) is 9.65. The first-order valence-corrected chi connectivity index (χ1v) is 12.9. The molecule has 39 heavy (non-hydrogen) atoms. The van der Waals surface area contributed by atoms with E-state index in [0.29, 0.717) is 36.8 Å². The summed E-state index contributed by atoms with van der Waals surface area (Å²) < 4.78 is 60.4. The normalized spacial score (nSPS) is 18.2. The third kappa shape index (κ3) is 7.45. The number of piperidine rings is 1. The molecule has 0 aromatic heterocycles. The van der Waals surface area contributed by atoms with Crippen molar-refractivity contribution in [3.63, 3.8) is 0 Å². The van der Waals surface area contributed by atoms with Crippen LogP contribution in [-0.2, 0) is 16.1 Å². The molecule has 2 heterocycles. The maximum Gasteiger partial charge on any atom is 0.425 e. The molecule has 0 aliphatic carbocycles. The molecule has 2 atom stereocenters. The van der Waals surface area contributed by atoms with Crippen LogP contribution in [0, 0.1) is 17.2 Å². The van der Waals surface area contributed by atoms with Gasteiger partial charge in [0.2, 0.25) is 0 Å². The number of ether oxygens (including phenoxy) is 4. The number of fused-ring (bicyclic) bond motifs is 1. The standard InChI is InChI=1S/C29H31F3N2O5/c1-3-36-28(35)23-5-4-10-34(16-23)15-21-12-22-7-8-25(13-27(22)38-18-21)37-17-20-6-9-26(24(11-20)14-33)39-19(2)29(30,31)32/h6-9,11-13,19,23H,3-5,10,15-18H2,1-2H3/t19-,23+/m0/s1. The number of hydrogen-bond acceptors (Lipinski definition) is 7. The van der Waals surface area contributed by atoms with E-state index >= 15 is 0 Å². The minimum Gasteiger partial charge on any atom is -0.489 e. The van der Waals surface area contributed by atoms with Crippen LogP contribution in [0.4, 0.5) is 13.2 Å². The van der Waals surface area contributed by atoms with E-state index in [1.54, 1.807) is 12.1 Å². The summed E-state index contributed by atoms with van der Waals surface area (Å²) in [4.78, 5) is 14.4. The Morgan fingerprint density at radius 1 is 1.26 bits per heavy atom. The van der Waals surface area contributed by atoms with Crippen molar-refractivity contribution in [1.82, 2.24) is 4.90 Å². The largest absolute Gasteiger partial charge is 0.489 e. The number of alkyl halides is 3. The number of nitriles is 1. The molecule has 1 fully saturated rings. The van der Waals surface area contributed by atoms with Crippen molar-refractivity contribution in [3.05, 3.63) is 58.7 Å². The number of carbonyl (C=O) groups is 1. The van der Waals surface area contributed by atoms with Crippen LogP contribution in [0.3, 0.4) is 0 Å². The molecule has 0 spiro atoms. The van der Waals surface area contributed by atoms with Crippen molar-refractivity contribution >= 4 is 12.0 Å². The van der Waals surface area contributed by atoms with Crippen molar-refractivity contribution in [2.45, 2.75) is 45.6 Å². The van der Waals surface area contributed by atoms with E-state index in [1.165, 1.54) is 12.1 Å². The van der Waals surface area contributed by atoms with Crippen LogP contribution in [0.5, 0.6) is 17.2 Å². The maximum absolute atomic E-state index is 12.8. The highest BCUT2D eigenvalue weighted by Crippen LogP contribution is 2.32. The predicted octanol–water partition coefficient (Wildman–Crippen LogP) is 5.52. The maximum atomic E-state index is 12.8. The summed E-state index contributed by atoms with van der Waals surface area (Å²) in [5, 5.41) is 9.36. The SMILES string of the molecule is CCOC(=O)[C@@H]1CCCN(CC2=Cc3ccc(OCc4ccc(O[C@@H](C)C(F)(F)F)c(C#N)c4)cc3OC2)C1. The molecular formula is C29H31F3N2O5. The first-order chi connectivity index (χ1) is 18.7. The Kier molecular flexibility index (Phi) is 9.02. The fourth-order valence-electron chi connectivity index (χ4n) is 4.59. The van der Waals surface area contributed by atoms with Crippen molar-refractivity contribution < 1.29 is 36.9 Å². The van der Waals surface area contributed by atoms with Crippen LogP contribution in [0.1, 0.15) is 43.4 Å². The third-order valence-corrected chi connectivity index (χ3v) is 6.64. The van der Waals surface area contributed by atoms with Gasteiger partial charge in [-0.1, -0.05) is 6.07 Å². The highest BCUT2D eigenvalue weighted by Gasteiger charge is 2.38. The molecule has 1 saturated heterocycles. The zero-order valence-corrected chi connectivity index (χ0v) is 21.9. The summed E-state index contributed by atoms with van der Waals surface area (Å²) >= 11 is 0. The summed E-state index contributed by atoms with van der Waals surface area (Å²) in [6, 6.07) is 11.7. The van der Waals surface area contributed by atoms with Gasteiger partial charge in [0, 0.05) is 24.7 Å². The Morgan fingerprint density at radius 2 is 2.08 bits per heavy atom. The first kappa shape index (κ1) is 28.3. The molecule has 0 bridgehead atoms. The molecule has 2 aromatic carbocycles. The number of halogens is 3. The molecule has 0 saturated carbocycles. The second-order valence-corrected chi connectivity index (χ2v) is 9.65. The Bertz CT molecular complexity index is 1250. The van der Waals surface area contributed by atoms with Crippen molar-refractivity contribution in [2.24, 2.45) is 5.92 Å². The van der Waals surface area contributed by atoms with E-state index in [4.69, 9.17) is 18.9 Å². The molecule has 0 N–H and O–H groups in total. The number of hydrogen-bond donors (Lipinski definition) is 0. The smallest absolute Gasteiger partial charge is 0.425 e. The van der Waals surface area contributed by atoms with Gasteiger partial charge in [-0.2, -0.15) is 18.4 Å². The van der Waals surface area contributed by atoms with Crippen LogP contribution in [0.25, 0.3) is 6.08 Å². The molecule has 0 unspecified atom stereocenters. The number of nitrogens with zero attached hydrogens (tertiary/aromatic N) is 2. The zero-order valence-electron chi connectivity index (χ0n) is 21.9. The van der Waals surface area contributed by atoms with Gasteiger partial charge in [0.15, 0.2) is 6.10 Å². The molecule has 2 aliphatic rings. The second kappa shape index (κ2) is 12.4. The van der Waals surface area contributed by atoms with E-state index < -0.39 is 12.3 Å². The third-order valence-electron chi connectivity index (χ3n) is 6.64. The summed E-state index contributed by atoms with van der Waals surface area (Å²) in [7, 11) is 0. The van der Waals surface area contributed by atoms with Crippen LogP contribution in [-0.4, -0.2) is 56.0 Å². The number of benzene rings is 2. The average molecular weight is 545 g/mol. The Morgan fingerprint density at radius 3 is 2.82 bits per heavy atom. The number of rotatable bonds is 9. The van der Waals surface area contributed by atoms with Crippen LogP contribution >= 0.6 is 0 Å². The molecule has 208 valence electrons.